The quantitative estimate of drug-likeness (QED) is 0.735. The average molecular weight is 179 g/mol. The number of aromatic nitrogens is 2. The summed E-state index contributed by atoms with van der Waals surface area (Å²) in [5.41, 5.74) is 6.56. The van der Waals surface area contributed by atoms with Gasteiger partial charge in [0.15, 0.2) is 0 Å². The minimum atomic E-state index is 0.519. The summed E-state index contributed by atoms with van der Waals surface area (Å²) in [5, 5.41) is 0.972. The molecule has 0 saturated carbocycles. The number of nitrogens with two attached hydrogens (primary N) is 1. The van der Waals surface area contributed by atoms with Crippen LogP contribution >= 0.6 is 11.3 Å². The van der Waals surface area contributed by atoms with Crippen molar-refractivity contribution in [2.75, 3.05) is 0 Å². The van der Waals surface area contributed by atoms with Crippen molar-refractivity contribution in [1.29, 1.82) is 0 Å². The van der Waals surface area contributed by atoms with Crippen LogP contribution in [0.25, 0.3) is 10.6 Å². The Bertz CT molecular complexity index is 350. The Hall–Kier alpha value is -1.13. The molecule has 4 heteroatoms. The standard InChI is InChI=1S/C8H9N3S/c9-4-8-11-5-7(12-8)6-2-1-3-10-6/h1-3,5,10H,4,9H2. The van der Waals surface area contributed by atoms with Crippen molar-refractivity contribution in [3.05, 3.63) is 29.5 Å². The molecule has 0 atom stereocenters. The molecule has 2 aromatic rings. The Morgan fingerprint density at radius 3 is 3.08 bits per heavy atom. The van der Waals surface area contributed by atoms with E-state index >= 15 is 0 Å². The van der Waals surface area contributed by atoms with Gasteiger partial charge in [0.2, 0.25) is 0 Å². The van der Waals surface area contributed by atoms with Gasteiger partial charge in [0.05, 0.1) is 10.6 Å². The van der Waals surface area contributed by atoms with Gasteiger partial charge in [-0.05, 0) is 12.1 Å². The highest BCUT2D eigenvalue weighted by Crippen LogP contribution is 2.23. The minimum absolute atomic E-state index is 0.519. The molecule has 0 amide bonds. The van der Waals surface area contributed by atoms with Crippen LogP contribution in [-0.2, 0) is 6.54 Å². The summed E-state index contributed by atoms with van der Waals surface area (Å²) < 4.78 is 0. The van der Waals surface area contributed by atoms with Crippen molar-refractivity contribution in [3.63, 3.8) is 0 Å². The number of nitrogens with one attached hydrogen (secondary N) is 1. The van der Waals surface area contributed by atoms with Crippen molar-refractivity contribution < 1.29 is 0 Å². The zero-order chi connectivity index (χ0) is 8.39. The Balaban J connectivity index is 2.35. The Labute approximate surface area is 74.3 Å². The zero-order valence-electron chi connectivity index (χ0n) is 6.45. The van der Waals surface area contributed by atoms with E-state index in [1.165, 1.54) is 0 Å². The third kappa shape index (κ3) is 1.26. The van der Waals surface area contributed by atoms with E-state index in [9.17, 15) is 0 Å². The highest BCUT2D eigenvalue weighted by atomic mass is 32.1. The highest BCUT2D eigenvalue weighted by Gasteiger charge is 2.02. The molecule has 0 aromatic carbocycles. The van der Waals surface area contributed by atoms with Crippen LogP contribution in [0.3, 0.4) is 0 Å². The molecule has 0 unspecified atom stereocenters. The fourth-order valence-corrected chi connectivity index (χ4v) is 1.80. The molecule has 0 aliphatic carbocycles. The van der Waals surface area contributed by atoms with E-state index in [0.29, 0.717) is 6.54 Å². The molecule has 0 aliphatic heterocycles. The van der Waals surface area contributed by atoms with E-state index in [1.54, 1.807) is 11.3 Å². The van der Waals surface area contributed by atoms with Gasteiger partial charge in [-0.25, -0.2) is 4.98 Å². The maximum Gasteiger partial charge on any atom is 0.107 e. The van der Waals surface area contributed by atoms with Crippen LogP contribution in [-0.4, -0.2) is 9.97 Å². The van der Waals surface area contributed by atoms with E-state index in [1.807, 2.05) is 24.5 Å². The topological polar surface area (TPSA) is 54.7 Å². The molecule has 3 N–H and O–H groups in total. The second kappa shape index (κ2) is 3.08. The molecule has 2 rings (SSSR count). The van der Waals surface area contributed by atoms with Crippen molar-refractivity contribution in [2.45, 2.75) is 6.54 Å². The molecule has 0 aliphatic rings. The van der Waals surface area contributed by atoms with Gasteiger partial charge in [0.25, 0.3) is 0 Å². The zero-order valence-corrected chi connectivity index (χ0v) is 7.27. The van der Waals surface area contributed by atoms with E-state index in [4.69, 9.17) is 5.73 Å². The fraction of sp³-hybridized carbons (Fsp3) is 0.125. The van der Waals surface area contributed by atoms with Gasteiger partial charge in [-0.1, -0.05) is 0 Å². The van der Waals surface area contributed by atoms with Crippen LogP contribution in [0.15, 0.2) is 24.5 Å². The molecule has 2 heterocycles. The molecule has 0 bridgehead atoms. The lowest BCUT2D eigenvalue weighted by atomic mass is 10.4. The maximum absolute atomic E-state index is 5.45. The van der Waals surface area contributed by atoms with Crippen LogP contribution in [0.4, 0.5) is 0 Å². The first-order valence-corrected chi connectivity index (χ1v) is 4.50. The molecule has 3 nitrogen and oxygen atoms in total. The summed E-state index contributed by atoms with van der Waals surface area (Å²) >= 11 is 1.62. The molecule has 0 radical (unpaired) electrons. The third-order valence-electron chi connectivity index (χ3n) is 1.59. The van der Waals surface area contributed by atoms with Crippen molar-refractivity contribution in [3.8, 4) is 10.6 Å². The van der Waals surface area contributed by atoms with Gasteiger partial charge in [-0.15, -0.1) is 11.3 Å². The lowest BCUT2D eigenvalue weighted by Crippen LogP contribution is -1.93. The molecule has 2 aromatic heterocycles. The van der Waals surface area contributed by atoms with Gasteiger partial charge >= 0.3 is 0 Å². The highest BCUT2D eigenvalue weighted by molar-refractivity contribution is 7.15. The van der Waals surface area contributed by atoms with Crippen molar-refractivity contribution in [1.82, 2.24) is 9.97 Å². The van der Waals surface area contributed by atoms with Gasteiger partial charge < -0.3 is 10.7 Å². The first-order chi connectivity index (χ1) is 5.90. The summed E-state index contributed by atoms with van der Waals surface area (Å²) in [6, 6.07) is 3.99. The Morgan fingerprint density at radius 1 is 1.58 bits per heavy atom. The second-order valence-electron chi connectivity index (χ2n) is 2.41. The van der Waals surface area contributed by atoms with E-state index in [-0.39, 0.29) is 0 Å². The largest absolute Gasteiger partial charge is 0.360 e. The summed E-state index contributed by atoms with van der Waals surface area (Å²) in [4.78, 5) is 8.42. The summed E-state index contributed by atoms with van der Waals surface area (Å²) in [6.45, 7) is 0.519. The average Bonchev–Trinajstić information content (AvgIpc) is 2.75. The number of aromatic amines is 1. The van der Waals surface area contributed by atoms with Gasteiger partial charge in [0, 0.05) is 18.9 Å². The molecule has 62 valence electrons. The minimum Gasteiger partial charge on any atom is -0.360 e. The number of H-pyrrole nitrogens is 1. The van der Waals surface area contributed by atoms with Crippen molar-refractivity contribution >= 4 is 11.3 Å². The molecule has 12 heavy (non-hydrogen) atoms. The van der Waals surface area contributed by atoms with E-state index < -0.39 is 0 Å². The first kappa shape index (κ1) is 7.52. The first-order valence-electron chi connectivity index (χ1n) is 3.68. The lowest BCUT2D eigenvalue weighted by Gasteiger charge is -1.87. The van der Waals surface area contributed by atoms with E-state index in [0.717, 1.165) is 15.6 Å². The van der Waals surface area contributed by atoms with Gasteiger partial charge in [-0.2, -0.15) is 0 Å². The lowest BCUT2D eigenvalue weighted by molar-refractivity contribution is 1.04. The van der Waals surface area contributed by atoms with E-state index in [2.05, 4.69) is 9.97 Å². The summed E-state index contributed by atoms with van der Waals surface area (Å²) in [7, 11) is 0. The third-order valence-corrected chi connectivity index (χ3v) is 2.64. The predicted molar refractivity (Wildman–Crippen MR) is 49.8 cm³/mol. The molecule has 0 fully saturated rings. The normalized spacial score (nSPS) is 10.4. The number of hydrogen-bond donors (Lipinski definition) is 2. The molecule has 0 spiro atoms. The summed E-state index contributed by atoms with van der Waals surface area (Å²) in [5.74, 6) is 0. The molecular formula is C8H9N3S. The fourth-order valence-electron chi connectivity index (χ4n) is 1.01. The summed E-state index contributed by atoms with van der Waals surface area (Å²) in [6.07, 6.45) is 3.75. The monoisotopic (exact) mass is 179 g/mol. The van der Waals surface area contributed by atoms with Crippen LogP contribution < -0.4 is 5.73 Å². The Morgan fingerprint density at radius 2 is 2.50 bits per heavy atom. The maximum atomic E-state index is 5.45. The van der Waals surface area contributed by atoms with Crippen LogP contribution in [0, 0.1) is 0 Å². The van der Waals surface area contributed by atoms with Crippen LogP contribution in [0.5, 0.6) is 0 Å². The van der Waals surface area contributed by atoms with Crippen LogP contribution in [0.2, 0.25) is 0 Å². The number of hydrogen-bond acceptors (Lipinski definition) is 3. The number of nitrogens with zero attached hydrogens (tertiary/aromatic N) is 1. The Kier molecular flexibility index (Phi) is 1.93. The van der Waals surface area contributed by atoms with Crippen LogP contribution in [0.1, 0.15) is 5.01 Å². The van der Waals surface area contributed by atoms with Crippen molar-refractivity contribution in [2.24, 2.45) is 5.73 Å². The SMILES string of the molecule is NCc1ncc(-c2ccc[nH]2)s1. The predicted octanol–water partition coefficient (Wildman–Crippen LogP) is 1.60. The smallest absolute Gasteiger partial charge is 0.107 e. The molecule has 0 saturated heterocycles. The molecular weight excluding hydrogens is 170 g/mol. The van der Waals surface area contributed by atoms with Gasteiger partial charge in [0.1, 0.15) is 5.01 Å². The number of rotatable bonds is 2. The second-order valence-corrected chi connectivity index (χ2v) is 3.52. The van der Waals surface area contributed by atoms with Gasteiger partial charge in [-0.3, -0.25) is 0 Å². The number of thiazole rings is 1.